The van der Waals surface area contributed by atoms with Crippen LogP contribution in [-0.2, 0) is 6.54 Å². The van der Waals surface area contributed by atoms with E-state index >= 15 is 0 Å². The molecule has 0 atom stereocenters. The molecule has 2 heterocycles. The number of benzene rings is 2. The lowest BCUT2D eigenvalue weighted by molar-refractivity contribution is 0.102. The Kier molecular flexibility index (Phi) is 4.21. The largest absolute Gasteiger partial charge is 0.322 e. The molecule has 4 aromatic rings. The van der Waals surface area contributed by atoms with Crippen molar-refractivity contribution in [1.82, 2.24) is 30.4 Å². The van der Waals surface area contributed by atoms with Crippen molar-refractivity contribution in [1.29, 1.82) is 0 Å². The maximum absolute atomic E-state index is 12.5. The molecular formula is C18H15N7O. The highest BCUT2D eigenvalue weighted by Gasteiger charge is 2.11. The van der Waals surface area contributed by atoms with Gasteiger partial charge in [-0.15, -0.1) is 10.2 Å². The molecule has 4 rings (SSSR count). The van der Waals surface area contributed by atoms with E-state index in [1.165, 1.54) is 0 Å². The van der Waals surface area contributed by atoms with Crippen molar-refractivity contribution in [3.05, 3.63) is 78.1 Å². The lowest BCUT2D eigenvalue weighted by Gasteiger charge is -2.05. The maximum Gasteiger partial charge on any atom is 0.258 e. The summed E-state index contributed by atoms with van der Waals surface area (Å²) in [6.45, 7) is 0.613. The van der Waals surface area contributed by atoms with Crippen LogP contribution in [0.25, 0.3) is 11.4 Å². The van der Waals surface area contributed by atoms with Gasteiger partial charge in [0.1, 0.15) is 0 Å². The SMILES string of the molecule is O=C(Nc1cccc(-c2nn[nH]n2)c1)c1cnn(Cc2ccccc2)c1. The summed E-state index contributed by atoms with van der Waals surface area (Å²) in [5.41, 5.74) is 3.02. The number of aromatic nitrogens is 6. The Morgan fingerprint density at radius 3 is 2.81 bits per heavy atom. The van der Waals surface area contributed by atoms with Crippen LogP contribution in [-0.4, -0.2) is 36.3 Å². The molecule has 0 saturated heterocycles. The monoisotopic (exact) mass is 345 g/mol. The Balaban J connectivity index is 1.46. The number of aromatic amines is 1. The number of carbonyl (C=O) groups excluding carboxylic acids is 1. The first kappa shape index (κ1) is 15.7. The number of hydrogen-bond acceptors (Lipinski definition) is 5. The predicted molar refractivity (Wildman–Crippen MR) is 95.3 cm³/mol. The van der Waals surface area contributed by atoms with E-state index in [0.29, 0.717) is 23.6 Å². The molecule has 8 nitrogen and oxygen atoms in total. The first-order valence-electron chi connectivity index (χ1n) is 7.99. The summed E-state index contributed by atoms with van der Waals surface area (Å²) in [5.74, 6) is 0.242. The van der Waals surface area contributed by atoms with Crippen LogP contribution in [0.3, 0.4) is 0 Å². The van der Waals surface area contributed by atoms with E-state index in [0.717, 1.165) is 11.1 Å². The van der Waals surface area contributed by atoms with Crippen LogP contribution in [0.15, 0.2) is 67.0 Å². The number of H-pyrrole nitrogens is 1. The topological polar surface area (TPSA) is 101 Å². The molecule has 1 amide bonds. The number of tetrazole rings is 1. The van der Waals surface area contributed by atoms with Gasteiger partial charge in [-0.25, -0.2) is 0 Å². The summed E-state index contributed by atoms with van der Waals surface area (Å²) in [7, 11) is 0. The molecule has 0 fully saturated rings. The fraction of sp³-hybridized carbons (Fsp3) is 0.0556. The number of nitrogens with one attached hydrogen (secondary N) is 2. The Bertz CT molecular complexity index is 1010. The molecular weight excluding hydrogens is 330 g/mol. The van der Waals surface area contributed by atoms with Gasteiger partial charge in [0.15, 0.2) is 0 Å². The van der Waals surface area contributed by atoms with Crippen molar-refractivity contribution in [2.45, 2.75) is 6.54 Å². The molecule has 0 spiro atoms. The average molecular weight is 345 g/mol. The van der Waals surface area contributed by atoms with Crippen molar-refractivity contribution in [2.24, 2.45) is 0 Å². The number of carbonyl (C=O) groups is 1. The highest BCUT2D eigenvalue weighted by Crippen LogP contribution is 2.19. The minimum Gasteiger partial charge on any atom is -0.322 e. The van der Waals surface area contributed by atoms with Crippen LogP contribution in [0.2, 0.25) is 0 Å². The molecule has 2 N–H and O–H groups in total. The predicted octanol–water partition coefficient (Wildman–Crippen LogP) is 2.36. The normalized spacial score (nSPS) is 10.6. The van der Waals surface area contributed by atoms with Gasteiger partial charge in [0.25, 0.3) is 5.91 Å². The van der Waals surface area contributed by atoms with Crippen LogP contribution in [0, 0.1) is 0 Å². The molecule has 128 valence electrons. The summed E-state index contributed by atoms with van der Waals surface area (Å²) < 4.78 is 1.74. The summed E-state index contributed by atoms with van der Waals surface area (Å²) in [4.78, 5) is 12.5. The summed E-state index contributed by atoms with van der Waals surface area (Å²) in [6.07, 6.45) is 3.28. The molecule has 0 aliphatic rings. The van der Waals surface area contributed by atoms with E-state index in [1.807, 2.05) is 42.5 Å². The van der Waals surface area contributed by atoms with E-state index in [4.69, 9.17) is 0 Å². The summed E-state index contributed by atoms with van der Waals surface area (Å²) in [5, 5.41) is 20.9. The fourth-order valence-corrected chi connectivity index (χ4v) is 2.56. The highest BCUT2D eigenvalue weighted by molar-refractivity contribution is 6.04. The van der Waals surface area contributed by atoms with Crippen molar-refractivity contribution < 1.29 is 4.79 Å². The third kappa shape index (κ3) is 3.48. The molecule has 26 heavy (non-hydrogen) atoms. The summed E-state index contributed by atoms with van der Waals surface area (Å²) >= 11 is 0. The van der Waals surface area contributed by atoms with Crippen LogP contribution >= 0.6 is 0 Å². The second kappa shape index (κ2) is 6.98. The zero-order valence-electron chi connectivity index (χ0n) is 13.7. The Labute approximate surface area is 148 Å². The zero-order chi connectivity index (χ0) is 17.8. The van der Waals surface area contributed by atoms with E-state index in [-0.39, 0.29) is 5.91 Å². The van der Waals surface area contributed by atoms with Gasteiger partial charge in [0.2, 0.25) is 5.82 Å². The van der Waals surface area contributed by atoms with Crippen LogP contribution in [0.4, 0.5) is 5.69 Å². The van der Waals surface area contributed by atoms with Crippen LogP contribution in [0.1, 0.15) is 15.9 Å². The van der Waals surface area contributed by atoms with Gasteiger partial charge < -0.3 is 5.32 Å². The van der Waals surface area contributed by atoms with E-state index < -0.39 is 0 Å². The number of nitrogens with zero attached hydrogens (tertiary/aromatic N) is 5. The van der Waals surface area contributed by atoms with E-state index in [2.05, 4.69) is 31.0 Å². The van der Waals surface area contributed by atoms with Crippen molar-refractivity contribution >= 4 is 11.6 Å². The number of rotatable bonds is 5. The van der Waals surface area contributed by atoms with Gasteiger partial charge in [-0.1, -0.05) is 42.5 Å². The maximum atomic E-state index is 12.5. The standard InChI is InChI=1S/C18H15N7O/c26-18(15-10-19-25(12-15)11-13-5-2-1-3-6-13)20-16-8-4-7-14(9-16)17-21-23-24-22-17/h1-10,12H,11H2,(H,20,26)(H,21,22,23,24). The van der Waals surface area contributed by atoms with E-state index in [1.54, 1.807) is 29.2 Å². The van der Waals surface area contributed by atoms with E-state index in [9.17, 15) is 4.79 Å². The van der Waals surface area contributed by atoms with Gasteiger partial charge >= 0.3 is 0 Å². The lowest BCUT2D eigenvalue weighted by Crippen LogP contribution is -2.11. The molecule has 0 aliphatic heterocycles. The van der Waals surface area contributed by atoms with Gasteiger partial charge in [-0.2, -0.15) is 10.3 Å². The molecule has 0 bridgehead atoms. The number of amides is 1. The molecule has 8 heteroatoms. The molecule has 2 aromatic heterocycles. The quantitative estimate of drug-likeness (QED) is 0.578. The molecule has 0 radical (unpaired) electrons. The van der Waals surface area contributed by atoms with Crippen LogP contribution in [0.5, 0.6) is 0 Å². The summed E-state index contributed by atoms with van der Waals surface area (Å²) in [6, 6.07) is 17.2. The first-order valence-corrected chi connectivity index (χ1v) is 7.99. The Morgan fingerprint density at radius 2 is 2.00 bits per heavy atom. The van der Waals surface area contributed by atoms with Gasteiger partial charge in [0, 0.05) is 17.4 Å². The molecule has 0 saturated carbocycles. The molecule has 0 aliphatic carbocycles. The third-order valence-corrected chi connectivity index (χ3v) is 3.81. The minimum absolute atomic E-state index is 0.227. The smallest absolute Gasteiger partial charge is 0.258 e. The second-order valence-electron chi connectivity index (χ2n) is 5.68. The van der Waals surface area contributed by atoms with Crippen LogP contribution < -0.4 is 5.32 Å². The van der Waals surface area contributed by atoms with Gasteiger partial charge in [-0.3, -0.25) is 9.48 Å². The zero-order valence-corrected chi connectivity index (χ0v) is 13.7. The Hall–Kier alpha value is -3.81. The third-order valence-electron chi connectivity index (χ3n) is 3.81. The molecule has 0 unspecified atom stereocenters. The Morgan fingerprint density at radius 1 is 1.12 bits per heavy atom. The number of hydrogen-bond donors (Lipinski definition) is 2. The first-order chi connectivity index (χ1) is 12.8. The average Bonchev–Trinajstić information content (AvgIpc) is 3.35. The van der Waals surface area contributed by atoms with Crippen molar-refractivity contribution in [2.75, 3.05) is 5.32 Å². The fourth-order valence-electron chi connectivity index (χ4n) is 2.56. The minimum atomic E-state index is -0.227. The highest BCUT2D eigenvalue weighted by atomic mass is 16.1. The second-order valence-corrected chi connectivity index (χ2v) is 5.68. The molecule has 2 aromatic carbocycles. The van der Waals surface area contributed by atoms with Crippen molar-refractivity contribution in [3.8, 4) is 11.4 Å². The number of anilines is 1. The van der Waals surface area contributed by atoms with Crippen molar-refractivity contribution in [3.63, 3.8) is 0 Å². The van der Waals surface area contributed by atoms with Gasteiger partial charge in [-0.05, 0) is 22.9 Å². The lowest BCUT2D eigenvalue weighted by atomic mass is 10.2. The van der Waals surface area contributed by atoms with Gasteiger partial charge in [0.05, 0.1) is 18.3 Å².